The van der Waals surface area contributed by atoms with Crippen LogP contribution in [0.5, 0.6) is 0 Å². The molecule has 4 heteroatoms. The molecule has 2 aliphatic rings. The summed E-state index contributed by atoms with van der Waals surface area (Å²) in [6.45, 7) is 11.2. The maximum Gasteiger partial charge on any atom is 0.185 e. The minimum atomic E-state index is 0.707. The second kappa shape index (κ2) is 6.66. The summed E-state index contributed by atoms with van der Waals surface area (Å²) in [6, 6.07) is 0. The first-order valence-corrected chi connectivity index (χ1v) is 9.35. The molecule has 118 valence electrons. The highest BCUT2D eigenvalue weighted by molar-refractivity contribution is 7.15. The Morgan fingerprint density at radius 2 is 1.81 bits per heavy atom. The third-order valence-electron chi connectivity index (χ3n) is 4.34. The largest absolute Gasteiger partial charge is 0.348 e. The summed E-state index contributed by atoms with van der Waals surface area (Å²) >= 11 is 1.91. The van der Waals surface area contributed by atoms with Gasteiger partial charge in [0.25, 0.3) is 0 Å². The zero-order valence-electron chi connectivity index (χ0n) is 13.7. The van der Waals surface area contributed by atoms with Crippen LogP contribution in [0.15, 0.2) is 0 Å². The molecule has 3 nitrogen and oxygen atoms in total. The molecule has 0 unspecified atom stereocenters. The van der Waals surface area contributed by atoms with E-state index < -0.39 is 0 Å². The minimum Gasteiger partial charge on any atom is -0.348 e. The first kappa shape index (κ1) is 15.3. The Kier molecular flexibility index (Phi) is 4.85. The Morgan fingerprint density at radius 3 is 2.33 bits per heavy atom. The average molecular weight is 308 g/mol. The summed E-state index contributed by atoms with van der Waals surface area (Å²) in [5.41, 5.74) is 1.22. The Bertz CT molecular complexity index is 447. The van der Waals surface area contributed by atoms with Crippen molar-refractivity contribution in [2.24, 2.45) is 17.8 Å². The summed E-state index contributed by atoms with van der Waals surface area (Å²) < 4.78 is 0. The van der Waals surface area contributed by atoms with Gasteiger partial charge in [0.2, 0.25) is 0 Å². The lowest BCUT2D eigenvalue weighted by Crippen LogP contribution is -2.27. The fourth-order valence-electron chi connectivity index (χ4n) is 2.64. The first-order valence-electron chi connectivity index (χ1n) is 8.53. The molecular formula is C17H29N3S. The number of thiazole rings is 1. The van der Waals surface area contributed by atoms with Gasteiger partial charge in [0.15, 0.2) is 5.13 Å². The van der Waals surface area contributed by atoms with Crippen molar-refractivity contribution in [2.75, 3.05) is 24.5 Å². The topological polar surface area (TPSA) is 28.2 Å². The van der Waals surface area contributed by atoms with Gasteiger partial charge in [-0.3, -0.25) is 0 Å². The number of rotatable bonds is 9. The van der Waals surface area contributed by atoms with E-state index in [1.807, 2.05) is 11.3 Å². The van der Waals surface area contributed by atoms with Crippen LogP contribution in [0.4, 0.5) is 5.13 Å². The van der Waals surface area contributed by atoms with Crippen molar-refractivity contribution in [3.05, 3.63) is 10.6 Å². The van der Waals surface area contributed by atoms with Crippen molar-refractivity contribution >= 4 is 16.5 Å². The van der Waals surface area contributed by atoms with Gasteiger partial charge in [-0.2, -0.15) is 0 Å². The highest BCUT2D eigenvalue weighted by Crippen LogP contribution is 2.37. The lowest BCUT2D eigenvalue weighted by molar-refractivity contribution is 0.554. The predicted octanol–water partition coefficient (Wildman–Crippen LogP) is 3.82. The normalized spacial score (nSPS) is 18.5. The second-order valence-electron chi connectivity index (χ2n) is 7.32. The average Bonchev–Trinajstić information content (AvgIpc) is 3.32. The van der Waals surface area contributed by atoms with E-state index in [1.54, 1.807) is 0 Å². The van der Waals surface area contributed by atoms with Gasteiger partial charge in [-0.25, -0.2) is 4.98 Å². The van der Waals surface area contributed by atoms with Crippen LogP contribution >= 0.6 is 11.3 Å². The maximum atomic E-state index is 4.87. The van der Waals surface area contributed by atoms with E-state index in [9.17, 15) is 0 Å². The molecule has 0 aliphatic heterocycles. The zero-order valence-corrected chi connectivity index (χ0v) is 14.5. The fraction of sp³-hybridized carbons (Fsp3) is 0.824. The molecule has 0 amide bonds. The molecule has 21 heavy (non-hydrogen) atoms. The molecule has 0 spiro atoms. The molecule has 0 aromatic carbocycles. The number of aromatic nitrogens is 1. The number of hydrogen-bond donors (Lipinski definition) is 1. The summed E-state index contributed by atoms with van der Waals surface area (Å²) in [7, 11) is 0. The first-order chi connectivity index (χ1) is 10.1. The van der Waals surface area contributed by atoms with Gasteiger partial charge in [0, 0.05) is 24.5 Å². The van der Waals surface area contributed by atoms with Crippen LogP contribution in [0.1, 0.15) is 50.1 Å². The molecule has 1 heterocycles. The van der Waals surface area contributed by atoms with Gasteiger partial charge in [-0.1, -0.05) is 13.8 Å². The standard InChI is InChI=1S/C17H29N3S/c1-12(2)8-18-9-16-13(3)19-17(21-16)20(10-14-4-5-14)11-15-6-7-15/h12,14-15,18H,4-11H2,1-3H3. The quantitative estimate of drug-likeness (QED) is 0.751. The molecule has 2 saturated carbocycles. The van der Waals surface area contributed by atoms with Crippen molar-refractivity contribution in [3.8, 4) is 0 Å². The minimum absolute atomic E-state index is 0.707. The van der Waals surface area contributed by atoms with Gasteiger partial charge in [-0.15, -0.1) is 11.3 Å². The van der Waals surface area contributed by atoms with Crippen LogP contribution in [-0.2, 0) is 6.54 Å². The van der Waals surface area contributed by atoms with Crippen molar-refractivity contribution in [3.63, 3.8) is 0 Å². The SMILES string of the molecule is Cc1nc(N(CC2CC2)CC2CC2)sc1CNCC(C)C. The van der Waals surface area contributed by atoms with Crippen molar-refractivity contribution < 1.29 is 0 Å². The van der Waals surface area contributed by atoms with E-state index in [1.165, 1.54) is 54.5 Å². The van der Waals surface area contributed by atoms with Gasteiger partial charge in [0.1, 0.15) is 0 Å². The maximum absolute atomic E-state index is 4.87. The summed E-state index contributed by atoms with van der Waals surface area (Å²) in [4.78, 5) is 8.88. The van der Waals surface area contributed by atoms with E-state index in [-0.39, 0.29) is 0 Å². The highest BCUT2D eigenvalue weighted by atomic mass is 32.1. The van der Waals surface area contributed by atoms with Crippen LogP contribution in [0.3, 0.4) is 0 Å². The number of nitrogens with one attached hydrogen (secondary N) is 1. The van der Waals surface area contributed by atoms with E-state index in [0.29, 0.717) is 5.92 Å². The Hall–Kier alpha value is -0.610. The Balaban J connectivity index is 1.61. The monoisotopic (exact) mass is 307 g/mol. The molecule has 2 fully saturated rings. The Morgan fingerprint density at radius 1 is 1.19 bits per heavy atom. The van der Waals surface area contributed by atoms with Crippen LogP contribution in [0, 0.1) is 24.7 Å². The number of nitrogens with zero attached hydrogens (tertiary/aromatic N) is 2. The summed E-state index contributed by atoms with van der Waals surface area (Å²) in [5.74, 6) is 2.59. The number of aryl methyl sites for hydroxylation is 1. The smallest absolute Gasteiger partial charge is 0.185 e. The summed E-state index contributed by atoms with van der Waals surface area (Å²) in [6.07, 6.45) is 5.70. The van der Waals surface area contributed by atoms with Gasteiger partial charge in [0.05, 0.1) is 5.69 Å². The highest BCUT2D eigenvalue weighted by Gasteiger charge is 2.30. The molecule has 1 aromatic rings. The van der Waals surface area contributed by atoms with Crippen LogP contribution in [0.2, 0.25) is 0 Å². The second-order valence-corrected chi connectivity index (χ2v) is 8.38. The summed E-state index contributed by atoms with van der Waals surface area (Å²) in [5, 5.41) is 4.82. The van der Waals surface area contributed by atoms with Crippen molar-refractivity contribution in [2.45, 2.75) is 53.0 Å². The third kappa shape index (κ3) is 4.68. The van der Waals surface area contributed by atoms with E-state index >= 15 is 0 Å². The van der Waals surface area contributed by atoms with E-state index in [2.05, 4.69) is 31.0 Å². The molecule has 0 radical (unpaired) electrons. The van der Waals surface area contributed by atoms with Gasteiger partial charge in [-0.05, 0) is 56.9 Å². The van der Waals surface area contributed by atoms with Crippen molar-refractivity contribution in [1.82, 2.24) is 10.3 Å². The number of anilines is 1. The predicted molar refractivity (Wildman–Crippen MR) is 91.1 cm³/mol. The molecule has 3 rings (SSSR count). The van der Waals surface area contributed by atoms with Crippen LogP contribution < -0.4 is 10.2 Å². The molecule has 1 aromatic heterocycles. The van der Waals surface area contributed by atoms with Gasteiger partial charge >= 0.3 is 0 Å². The molecule has 1 N–H and O–H groups in total. The lowest BCUT2D eigenvalue weighted by Gasteiger charge is -2.21. The third-order valence-corrected chi connectivity index (χ3v) is 5.56. The molecule has 0 atom stereocenters. The van der Waals surface area contributed by atoms with E-state index in [0.717, 1.165) is 24.9 Å². The Labute approximate surface area is 133 Å². The van der Waals surface area contributed by atoms with Gasteiger partial charge < -0.3 is 10.2 Å². The number of hydrogen-bond acceptors (Lipinski definition) is 4. The molecular weight excluding hydrogens is 278 g/mol. The van der Waals surface area contributed by atoms with Crippen LogP contribution in [0.25, 0.3) is 0 Å². The van der Waals surface area contributed by atoms with Crippen molar-refractivity contribution in [1.29, 1.82) is 0 Å². The fourth-order valence-corrected chi connectivity index (χ4v) is 3.69. The molecule has 2 aliphatic carbocycles. The molecule has 0 bridgehead atoms. The zero-order chi connectivity index (χ0) is 14.8. The molecule has 0 saturated heterocycles. The van der Waals surface area contributed by atoms with E-state index in [4.69, 9.17) is 4.98 Å². The van der Waals surface area contributed by atoms with Crippen LogP contribution in [-0.4, -0.2) is 24.6 Å². The lowest BCUT2D eigenvalue weighted by atomic mass is 10.2.